The molecular weight excluding hydrogens is 460 g/mol. The maximum atomic E-state index is 11.5. The number of rotatable bonds is 9. The lowest BCUT2D eigenvalue weighted by Crippen LogP contribution is -2.31. The fourth-order valence-electron chi connectivity index (χ4n) is 4.36. The van der Waals surface area contributed by atoms with Gasteiger partial charge in [-0.3, -0.25) is 4.79 Å². The third-order valence-electron chi connectivity index (χ3n) is 6.29. The standard InChI is InChI=1S/C26H28N6O2S/c1-3-23(33)27-12-13-28-24-20-9-10-21(18-7-4-8-22-19(18)11-15-35-22)29-25(20)31-26(30-24)34-16-17-6-5-14-32(17)2/h3-4,7-11,15,17H,1,5-6,12-14,16H2,2H3,(H,27,33)(H,28,29,30,31)/t17-/m0/s1. The van der Waals surface area contributed by atoms with Crippen molar-refractivity contribution in [2.24, 2.45) is 0 Å². The van der Waals surface area contributed by atoms with E-state index in [2.05, 4.69) is 68.8 Å². The van der Waals surface area contributed by atoms with E-state index in [1.807, 2.05) is 12.1 Å². The van der Waals surface area contributed by atoms with Crippen molar-refractivity contribution in [3.05, 3.63) is 54.4 Å². The van der Waals surface area contributed by atoms with Gasteiger partial charge < -0.3 is 20.3 Å². The van der Waals surface area contributed by atoms with E-state index in [9.17, 15) is 4.79 Å². The molecule has 1 atom stereocenters. The molecule has 8 nitrogen and oxygen atoms in total. The average molecular weight is 489 g/mol. The first-order chi connectivity index (χ1) is 17.1. The summed E-state index contributed by atoms with van der Waals surface area (Å²) < 4.78 is 7.27. The van der Waals surface area contributed by atoms with Crippen molar-refractivity contribution in [1.29, 1.82) is 0 Å². The summed E-state index contributed by atoms with van der Waals surface area (Å²) >= 11 is 1.71. The molecule has 1 aromatic carbocycles. The Labute approximate surface area is 208 Å². The van der Waals surface area contributed by atoms with Gasteiger partial charge >= 0.3 is 6.01 Å². The number of hydrogen-bond donors (Lipinski definition) is 2. The monoisotopic (exact) mass is 488 g/mol. The third-order valence-corrected chi connectivity index (χ3v) is 7.17. The molecule has 4 aromatic rings. The Kier molecular flexibility index (Phi) is 6.87. The highest BCUT2D eigenvalue weighted by molar-refractivity contribution is 7.17. The van der Waals surface area contributed by atoms with Gasteiger partial charge in [0.25, 0.3) is 0 Å². The minimum atomic E-state index is -0.210. The van der Waals surface area contributed by atoms with Crippen LogP contribution in [-0.4, -0.2) is 65.1 Å². The molecule has 35 heavy (non-hydrogen) atoms. The summed E-state index contributed by atoms with van der Waals surface area (Å²) in [6.45, 7) is 6.02. The Bertz CT molecular complexity index is 1370. The van der Waals surface area contributed by atoms with E-state index in [0.29, 0.717) is 43.2 Å². The number of likely N-dealkylation sites (N-methyl/N-ethyl adjacent to an activating group) is 1. The highest BCUT2D eigenvalue weighted by atomic mass is 32.1. The number of ether oxygens (including phenoxy) is 1. The van der Waals surface area contributed by atoms with Gasteiger partial charge in [-0.05, 0) is 62.2 Å². The van der Waals surface area contributed by atoms with Crippen LogP contribution in [0, 0.1) is 0 Å². The zero-order valence-corrected chi connectivity index (χ0v) is 20.5. The Morgan fingerprint density at radius 1 is 1.20 bits per heavy atom. The molecule has 1 amide bonds. The smallest absolute Gasteiger partial charge is 0.320 e. The molecular formula is C26H28N6O2S. The van der Waals surface area contributed by atoms with Crippen LogP contribution in [0.2, 0.25) is 0 Å². The molecule has 1 aliphatic heterocycles. The van der Waals surface area contributed by atoms with Crippen LogP contribution in [0.1, 0.15) is 12.8 Å². The summed E-state index contributed by atoms with van der Waals surface area (Å²) in [6, 6.07) is 13.0. The quantitative estimate of drug-likeness (QED) is 0.271. The molecule has 1 fully saturated rings. The first-order valence-corrected chi connectivity index (χ1v) is 12.6. The minimum Gasteiger partial charge on any atom is -0.462 e. The SMILES string of the molecule is C=CC(=O)NCCNc1nc(OC[C@@H]2CCCN2C)nc2nc(-c3cccc4sccc34)ccc12. The third kappa shape index (κ3) is 5.11. The lowest BCUT2D eigenvalue weighted by molar-refractivity contribution is -0.116. The van der Waals surface area contributed by atoms with Crippen molar-refractivity contribution >= 4 is 44.2 Å². The van der Waals surface area contributed by atoms with Crippen molar-refractivity contribution in [2.45, 2.75) is 18.9 Å². The predicted octanol–water partition coefficient (Wildman–Crippen LogP) is 4.09. The Balaban J connectivity index is 1.46. The maximum absolute atomic E-state index is 11.5. The molecule has 1 aliphatic rings. The van der Waals surface area contributed by atoms with E-state index in [-0.39, 0.29) is 5.91 Å². The van der Waals surface area contributed by atoms with E-state index >= 15 is 0 Å². The summed E-state index contributed by atoms with van der Waals surface area (Å²) in [4.78, 5) is 28.0. The van der Waals surface area contributed by atoms with Crippen LogP contribution in [0.15, 0.2) is 54.4 Å². The number of carbonyl (C=O) groups is 1. The molecule has 3 aromatic heterocycles. The van der Waals surface area contributed by atoms with Crippen molar-refractivity contribution in [2.75, 3.05) is 38.6 Å². The predicted molar refractivity (Wildman–Crippen MR) is 141 cm³/mol. The molecule has 1 saturated heterocycles. The van der Waals surface area contributed by atoms with E-state index in [4.69, 9.17) is 9.72 Å². The molecule has 180 valence electrons. The number of pyridine rings is 1. The van der Waals surface area contributed by atoms with Gasteiger partial charge in [0.05, 0.1) is 11.1 Å². The number of thiophene rings is 1. The van der Waals surface area contributed by atoms with E-state index in [1.165, 1.54) is 22.6 Å². The summed E-state index contributed by atoms with van der Waals surface area (Å²) in [7, 11) is 2.12. The summed E-state index contributed by atoms with van der Waals surface area (Å²) in [5, 5.41) is 10.1. The average Bonchev–Trinajstić information content (AvgIpc) is 3.53. The van der Waals surface area contributed by atoms with Crippen molar-refractivity contribution in [1.82, 2.24) is 25.2 Å². The van der Waals surface area contributed by atoms with Gasteiger partial charge in [-0.1, -0.05) is 18.7 Å². The van der Waals surface area contributed by atoms with Crippen LogP contribution >= 0.6 is 11.3 Å². The number of likely N-dealkylation sites (tertiary alicyclic amines) is 1. The van der Waals surface area contributed by atoms with Gasteiger partial charge in [0, 0.05) is 34.8 Å². The molecule has 0 unspecified atom stereocenters. The number of benzene rings is 1. The molecule has 4 heterocycles. The number of nitrogens with zero attached hydrogens (tertiary/aromatic N) is 4. The molecule has 0 saturated carbocycles. The zero-order chi connectivity index (χ0) is 24.2. The van der Waals surface area contributed by atoms with Gasteiger partial charge in [-0.25, -0.2) is 4.98 Å². The second-order valence-corrected chi connectivity index (χ2v) is 9.52. The van der Waals surface area contributed by atoms with Crippen LogP contribution in [0.25, 0.3) is 32.4 Å². The zero-order valence-electron chi connectivity index (χ0n) is 19.7. The Morgan fingerprint density at radius 3 is 2.94 bits per heavy atom. The van der Waals surface area contributed by atoms with E-state index in [1.54, 1.807) is 11.3 Å². The van der Waals surface area contributed by atoms with Gasteiger partial charge in [-0.15, -0.1) is 11.3 Å². The van der Waals surface area contributed by atoms with Crippen LogP contribution in [0.3, 0.4) is 0 Å². The maximum Gasteiger partial charge on any atom is 0.320 e. The minimum absolute atomic E-state index is 0.210. The molecule has 2 N–H and O–H groups in total. The molecule has 0 aliphatic carbocycles. The topological polar surface area (TPSA) is 92.3 Å². The highest BCUT2D eigenvalue weighted by Crippen LogP contribution is 2.32. The normalized spacial score (nSPS) is 16.0. The van der Waals surface area contributed by atoms with E-state index in [0.717, 1.165) is 29.6 Å². The first kappa shape index (κ1) is 23.2. The molecule has 0 spiro atoms. The van der Waals surface area contributed by atoms with Crippen LogP contribution in [0.4, 0.5) is 5.82 Å². The summed E-state index contributed by atoms with van der Waals surface area (Å²) in [5.74, 6) is 0.420. The number of hydrogen-bond acceptors (Lipinski definition) is 8. The highest BCUT2D eigenvalue weighted by Gasteiger charge is 2.22. The number of amides is 1. The van der Waals surface area contributed by atoms with Crippen molar-refractivity contribution < 1.29 is 9.53 Å². The molecule has 9 heteroatoms. The Hall–Kier alpha value is -3.56. The molecule has 0 bridgehead atoms. The fourth-order valence-corrected chi connectivity index (χ4v) is 5.17. The number of nitrogens with one attached hydrogen (secondary N) is 2. The second kappa shape index (κ2) is 10.4. The van der Waals surface area contributed by atoms with Crippen LogP contribution in [0.5, 0.6) is 6.01 Å². The number of anilines is 1. The van der Waals surface area contributed by atoms with Crippen LogP contribution < -0.4 is 15.4 Å². The van der Waals surface area contributed by atoms with E-state index < -0.39 is 0 Å². The number of carbonyl (C=O) groups excluding carboxylic acids is 1. The fraction of sp³-hybridized carbons (Fsp3) is 0.308. The van der Waals surface area contributed by atoms with Crippen LogP contribution in [-0.2, 0) is 4.79 Å². The molecule has 0 radical (unpaired) electrons. The van der Waals surface area contributed by atoms with Gasteiger partial charge in [0.15, 0.2) is 5.65 Å². The summed E-state index contributed by atoms with van der Waals surface area (Å²) in [6.07, 6.45) is 3.53. The van der Waals surface area contributed by atoms with Gasteiger partial charge in [0.1, 0.15) is 12.4 Å². The lowest BCUT2D eigenvalue weighted by Gasteiger charge is -2.19. The number of fused-ring (bicyclic) bond motifs is 2. The largest absolute Gasteiger partial charge is 0.462 e. The van der Waals surface area contributed by atoms with Gasteiger partial charge in [-0.2, -0.15) is 9.97 Å². The number of aromatic nitrogens is 3. The first-order valence-electron chi connectivity index (χ1n) is 11.7. The lowest BCUT2D eigenvalue weighted by atomic mass is 10.1. The van der Waals surface area contributed by atoms with Crippen molar-refractivity contribution in [3.63, 3.8) is 0 Å². The Morgan fingerprint density at radius 2 is 2.11 bits per heavy atom. The molecule has 5 rings (SSSR count). The van der Waals surface area contributed by atoms with Crippen molar-refractivity contribution in [3.8, 4) is 17.3 Å². The summed E-state index contributed by atoms with van der Waals surface area (Å²) in [5.41, 5.74) is 2.49. The van der Waals surface area contributed by atoms with Gasteiger partial charge in [0.2, 0.25) is 5.91 Å². The second-order valence-electron chi connectivity index (χ2n) is 8.57.